The van der Waals surface area contributed by atoms with E-state index >= 15 is 0 Å². The van der Waals surface area contributed by atoms with E-state index < -0.39 is 12.1 Å². The van der Waals surface area contributed by atoms with Crippen LogP contribution in [-0.2, 0) is 29.5 Å². The summed E-state index contributed by atoms with van der Waals surface area (Å²) < 4.78 is 31.7. The molecule has 0 atom stereocenters. The van der Waals surface area contributed by atoms with Crippen molar-refractivity contribution in [3.05, 3.63) is 125 Å². The Morgan fingerprint density at radius 1 is 0.825 bits per heavy atom. The largest absolute Gasteiger partial charge is 0.490 e. The lowest BCUT2D eigenvalue weighted by Gasteiger charge is -2.41. The third-order valence-corrected chi connectivity index (χ3v) is 7.49. The Labute approximate surface area is 232 Å². The van der Waals surface area contributed by atoms with Crippen LogP contribution < -0.4 is 0 Å². The summed E-state index contributed by atoms with van der Waals surface area (Å²) in [7, 11) is 0. The average Bonchev–Trinajstić information content (AvgIpc) is 3.46. The normalized spacial score (nSPS) is 15.2. The topological polar surface area (TPSA) is 69.2 Å². The van der Waals surface area contributed by atoms with Gasteiger partial charge in [0.25, 0.3) is 0 Å². The second-order valence-electron chi connectivity index (χ2n) is 10.1. The van der Waals surface area contributed by atoms with Crippen LogP contribution in [0.1, 0.15) is 40.9 Å². The molecule has 3 aromatic carbocycles. The van der Waals surface area contributed by atoms with Gasteiger partial charge in [-0.3, -0.25) is 5.10 Å². The first-order valence-electron chi connectivity index (χ1n) is 13.5. The highest BCUT2D eigenvalue weighted by molar-refractivity contribution is 5.73. The molecule has 0 bridgehead atoms. The molecular weight excluding hydrogens is 515 g/mol. The molecule has 0 spiro atoms. The van der Waals surface area contributed by atoms with Crippen molar-refractivity contribution in [3.8, 4) is 0 Å². The maximum atomic E-state index is 10.6. The molecule has 0 unspecified atom stereocenters. The molecule has 1 aliphatic heterocycles. The predicted octanol–water partition coefficient (Wildman–Crippen LogP) is 6.45. The molecule has 5 nitrogen and oxygen atoms in total. The summed E-state index contributed by atoms with van der Waals surface area (Å²) in [6.45, 7) is 3.33. The molecule has 1 aliphatic rings. The number of hydrogen-bond acceptors (Lipinski definition) is 3. The van der Waals surface area contributed by atoms with Crippen LogP contribution in [-0.4, -0.2) is 52.0 Å². The lowest BCUT2D eigenvalue weighted by Crippen LogP contribution is -2.44. The predicted molar refractivity (Wildman–Crippen MR) is 149 cm³/mol. The van der Waals surface area contributed by atoms with Gasteiger partial charge in [-0.1, -0.05) is 91.0 Å². The molecule has 5 rings (SSSR count). The fraction of sp³-hybridized carbons (Fsp3) is 0.312. The third kappa shape index (κ3) is 7.82. The van der Waals surface area contributed by atoms with E-state index in [0.717, 1.165) is 51.7 Å². The summed E-state index contributed by atoms with van der Waals surface area (Å²) in [4.78, 5) is 11.5. The van der Waals surface area contributed by atoms with Crippen LogP contribution in [0.5, 0.6) is 0 Å². The number of aliphatic carboxylic acids is 1. The zero-order chi connectivity index (χ0) is 28.4. The van der Waals surface area contributed by atoms with Gasteiger partial charge in [0.2, 0.25) is 0 Å². The van der Waals surface area contributed by atoms with E-state index in [4.69, 9.17) is 15.0 Å². The van der Waals surface area contributed by atoms with Gasteiger partial charge in [-0.05, 0) is 68.0 Å². The van der Waals surface area contributed by atoms with Crippen molar-refractivity contribution in [1.82, 2.24) is 15.1 Å². The van der Waals surface area contributed by atoms with Crippen molar-refractivity contribution in [3.63, 3.8) is 0 Å². The van der Waals surface area contributed by atoms with Crippen LogP contribution in [0.2, 0.25) is 0 Å². The zero-order valence-corrected chi connectivity index (χ0v) is 22.3. The number of nitrogens with zero attached hydrogens (tertiary/aromatic N) is 2. The summed E-state index contributed by atoms with van der Waals surface area (Å²) in [5, 5.41) is 15.4. The van der Waals surface area contributed by atoms with Crippen LogP contribution in [0.3, 0.4) is 0 Å². The number of carboxylic acids is 1. The highest BCUT2D eigenvalue weighted by Gasteiger charge is 2.40. The van der Waals surface area contributed by atoms with E-state index in [1.165, 1.54) is 28.1 Å². The minimum Gasteiger partial charge on any atom is -0.475 e. The molecule has 0 aliphatic carbocycles. The number of H-pyrrole nitrogens is 1. The lowest BCUT2D eigenvalue weighted by molar-refractivity contribution is -0.192. The van der Waals surface area contributed by atoms with Gasteiger partial charge in [-0.2, -0.15) is 18.3 Å². The summed E-state index contributed by atoms with van der Waals surface area (Å²) in [6, 6.07) is 34.9. The first-order chi connectivity index (χ1) is 19.3. The van der Waals surface area contributed by atoms with Crippen molar-refractivity contribution >= 4 is 5.97 Å². The standard InChI is InChI=1S/C30H33N3.C2HF3O2/c1-4-10-25(11-5-1)16-17-28-24-29(32-31-28)30(27-14-8-3-9-15-27)19-22-33(23-20-30)21-18-26-12-6-2-7-13-26;3-2(4,5)1(6)7/h1-15,24H,16-23H2,(H,31,32);(H,6,7). The quantitative estimate of drug-likeness (QED) is 0.265. The summed E-state index contributed by atoms with van der Waals surface area (Å²) in [5.74, 6) is -2.76. The van der Waals surface area contributed by atoms with Gasteiger partial charge < -0.3 is 10.0 Å². The Balaban J connectivity index is 0.000000470. The molecule has 0 amide bonds. The molecule has 4 aromatic rings. The summed E-state index contributed by atoms with van der Waals surface area (Å²) in [6.07, 6.45) is 0.272. The number of rotatable bonds is 8. The number of halogens is 3. The van der Waals surface area contributed by atoms with E-state index in [1.807, 2.05) is 0 Å². The first-order valence-corrected chi connectivity index (χ1v) is 13.5. The van der Waals surface area contributed by atoms with Crippen LogP contribution in [0.4, 0.5) is 13.2 Å². The number of alkyl halides is 3. The molecule has 2 heterocycles. The molecule has 1 fully saturated rings. The number of carboxylic acid groups (broad SMARTS) is 1. The molecule has 0 radical (unpaired) electrons. The van der Waals surface area contributed by atoms with Gasteiger partial charge in [-0.25, -0.2) is 4.79 Å². The number of nitrogens with one attached hydrogen (secondary N) is 1. The summed E-state index contributed by atoms with van der Waals surface area (Å²) >= 11 is 0. The zero-order valence-electron chi connectivity index (χ0n) is 22.3. The number of aromatic nitrogens is 2. The molecule has 2 N–H and O–H groups in total. The van der Waals surface area contributed by atoms with Gasteiger partial charge in [0.05, 0.1) is 5.69 Å². The summed E-state index contributed by atoms with van der Waals surface area (Å²) in [5.41, 5.74) is 6.63. The second kappa shape index (κ2) is 13.4. The van der Waals surface area contributed by atoms with E-state index in [-0.39, 0.29) is 5.41 Å². The lowest BCUT2D eigenvalue weighted by atomic mass is 9.70. The minimum absolute atomic E-state index is 0.00793. The molecule has 40 heavy (non-hydrogen) atoms. The van der Waals surface area contributed by atoms with E-state index in [1.54, 1.807) is 0 Å². The minimum atomic E-state index is -5.08. The maximum Gasteiger partial charge on any atom is 0.490 e. The van der Waals surface area contributed by atoms with E-state index in [9.17, 15) is 13.2 Å². The molecule has 1 saturated heterocycles. The molecular formula is C32H34F3N3O2. The van der Waals surface area contributed by atoms with Crippen molar-refractivity contribution in [2.24, 2.45) is 0 Å². The van der Waals surface area contributed by atoms with Crippen molar-refractivity contribution < 1.29 is 23.1 Å². The number of benzene rings is 3. The third-order valence-electron chi connectivity index (χ3n) is 7.49. The molecule has 0 saturated carbocycles. The van der Waals surface area contributed by atoms with Gasteiger partial charge in [0.15, 0.2) is 0 Å². The van der Waals surface area contributed by atoms with E-state index in [2.05, 4.69) is 107 Å². The number of hydrogen-bond donors (Lipinski definition) is 2. The number of likely N-dealkylation sites (tertiary alicyclic amines) is 1. The highest BCUT2D eigenvalue weighted by atomic mass is 19.4. The first kappa shape index (κ1) is 29.1. The monoisotopic (exact) mass is 549 g/mol. The van der Waals surface area contributed by atoms with Crippen LogP contribution in [0.15, 0.2) is 97.1 Å². The van der Waals surface area contributed by atoms with Gasteiger partial charge in [0.1, 0.15) is 0 Å². The number of piperidine rings is 1. The van der Waals surface area contributed by atoms with Crippen LogP contribution in [0, 0.1) is 0 Å². The fourth-order valence-electron chi connectivity index (χ4n) is 5.20. The van der Waals surface area contributed by atoms with Crippen molar-refractivity contribution in [1.29, 1.82) is 0 Å². The number of carbonyl (C=O) groups is 1. The SMILES string of the molecule is O=C(O)C(F)(F)F.c1ccc(CCc2cc(C3(c4ccccc4)CCN(CCc4ccccc4)CC3)n[nH]2)cc1. The van der Waals surface area contributed by atoms with Crippen molar-refractivity contribution in [2.45, 2.75) is 43.7 Å². The second-order valence-corrected chi connectivity index (χ2v) is 10.1. The molecule has 210 valence electrons. The Hall–Kier alpha value is -3.91. The van der Waals surface area contributed by atoms with Gasteiger partial charge in [0, 0.05) is 17.7 Å². The van der Waals surface area contributed by atoms with Crippen LogP contribution in [0.25, 0.3) is 0 Å². The van der Waals surface area contributed by atoms with Crippen LogP contribution >= 0.6 is 0 Å². The smallest absolute Gasteiger partial charge is 0.475 e. The molecule has 8 heteroatoms. The number of aromatic amines is 1. The highest BCUT2D eigenvalue weighted by Crippen LogP contribution is 2.41. The Morgan fingerprint density at radius 2 is 1.32 bits per heavy atom. The Kier molecular flexibility index (Phi) is 9.77. The Bertz CT molecular complexity index is 1320. The number of aryl methyl sites for hydroxylation is 2. The van der Waals surface area contributed by atoms with Crippen molar-refractivity contribution in [2.75, 3.05) is 19.6 Å². The van der Waals surface area contributed by atoms with Gasteiger partial charge >= 0.3 is 12.1 Å². The maximum absolute atomic E-state index is 10.6. The molecule has 1 aromatic heterocycles. The average molecular weight is 550 g/mol. The fourth-order valence-corrected chi connectivity index (χ4v) is 5.20. The van der Waals surface area contributed by atoms with E-state index in [0.29, 0.717) is 0 Å². The van der Waals surface area contributed by atoms with Gasteiger partial charge in [-0.15, -0.1) is 0 Å². The Morgan fingerprint density at radius 3 is 1.85 bits per heavy atom.